The lowest BCUT2D eigenvalue weighted by Crippen LogP contribution is -2.39. The molecule has 0 amide bonds. The van der Waals surface area contributed by atoms with Crippen LogP contribution in [0.4, 0.5) is 5.69 Å². The van der Waals surface area contributed by atoms with Gasteiger partial charge in [-0.25, -0.2) is 4.79 Å². The summed E-state index contributed by atoms with van der Waals surface area (Å²) in [5.41, 5.74) is 1.14. The maximum atomic E-state index is 11.2. The molecule has 0 bridgehead atoms. The summed E-state index contributed by atoms with van der Waals surface area (Å²) in [6, 6.07) is 5.31. The Balaban J connectivity index is 2.16. The Morgan fingerprint density at radius 3 is 2.80 bits per heavy atom. The Morgan fingerprint density at radius 1 is 1.40 bits per heavy atom. The number of rotatable bonds is 6. The van der Waals surface area contributed by atoms with Gasteiger partial charge in [-0.1, -0.05) is 19.9 Å². The lowest BCUT2D eigenvalue weighted by atomic mass is 10.1. The topological polar surface area (TPSA) is 53.0 Å². The second-order valence-electron chi connectivity index (χ2n) is 4.82. The summed E-state index contributed by atoms with van der Waals surface area (Å²) in [5.74, 6) is -0.432. The second kappa shape index (κ2) is 6.61. The van der Waals surface area contributed by atoms with Crippen LogP contribution in [0.5, 0.6) is 5.75 Å². The molecule has 110 valence electrons. The van der Waals surface area contributed by atoms with Crippen molar-refractivity contribution in [2.75, 3.05) is 44.2 Å². The first kappa shape index (κ1) is 14.7. The van der Waals surface area contributed by atoms with Gasteiger partial charge in [0.2, 0.25) is 0 Å². The molecule has 1 aliphatic heterocycles. The van der Waals surface area contributed by atoms with Crippen molar-refractivity contribution in [1.29, 1.82) is 0 Å². The molecule has 0 atom stereocenters. The highest BCUT2D eigenvalue weighted by atomic mass is 16.5. The zero-order chi connectivity index (χ0) is 14.5. The van der Waals surface area contributed by atoms with E-state index >= 15 is 0 Å². The highest BCUT2D eigenvalue weighted by molar-refractivity contribution is 5.93. The molecule has 0 aromatic heterocycles. The zero-order valence-electron chi connectivity index (χ0n) is 12.1. The maximum Gasteiger partial charge on any atom is 0.339 e. The molecule has 2 rings (SSSR count). The van der Waals surface area contributed by atoms with Crippen LogP contribution in [0.3, 0.4) is 0 Å². The van der Waals surface area contributed by atoms with E-state index in [2.05, 4.69) is 23.6 Å². The SMILES string of the molecule is CCN(CC)CCN1CCOc2c(C(=O)O)cccc21. The monoisotopic (exact) mass is 278 g/mol. The van der Waals surface area contributed by atoms with E-state index in [1.54, 1.807) is 12.1 Å². The molecule has 1 aromatic rings. The smallest absolute Gasteiger partial charge is 0.339 e. The largest absolute Gasteiger partial charge is 0.489 e. The molecule has 0 unspecified atom stereocenters. The van der Waals surface area contributed by atoms with Gasteiger partial charge in [-0.2, -0.15) is 0 Å². The van der Waals surface area contributed by atoms with Gasteiger partial charge in [0.25, 0.3) is 0 Å². The third kappa shape index (κ3) is 3.04. The van der Waals surface area contributed by atoms with Crippen LogP contribution >= 0.6 is 0 Å². The van der Waals surface area contributed by atoms with Gasteiger partial charge in [0.1, 0.15) is 12.2 Å². The summed E-state index contributed by atoms with van der Waals surface area (Å²) in [6.07, 6.45) is 0. The van der Waals surface area contributed by atoms with Gasteiger partial charge in [-0.05, 0) is 25.2 Å². The number of para-hydroxylation sites is 1. The molecule has 5 heteroatoms. The summed E-state index contributed by atoms with van der Waals surface area (Å²) >= 11 is 0. The number of hydrogen-bond donors (Lipinski definition) is 1. The van der Waals surface area contributed by atoms with Gasteiger partial charge in [0.05, 0.1) is 12.2 Å². The molecule has 0 fully saturated rings. The standard InChI is InChI=1S/C15H22N2O3/c1-3-16(4-2)8-9-17-10-11-20-14-12(15(18)19)6-5-7-13(14)17/h5-7H,3-4,8-11H2,1-2H3,(H,18,19). The Kier molecular flexibility index (Phi) is 4.84. The van der Waals surface area contributed by atoms with E-state index in [-0.39, 0.29) is 5.56 Å². The fourth-order valence-electron chi connectivity index (χ4n) is 2.51. The number of benzene rings is 1. The molecule has 5 nitrogen and oxygen atoms in total. The van der Waals surface area contributed by atoms with Crippen LogP contribution in [0.15, 0.2) is 18.2 Å². The van der Waals surface area contributed by atoms with E-state index < -0.39 is 5.97 Å². The van der Waals surface area contributed by atoms with Gasteiger partial charge in [-0.15, -0.1) is 0 Å². The molecule has 1 aromatic carbocycles. The Hall–Kier alpha value is -1.75. The van der Waals surface area contributed by atoms with Gasteiger partial charge < -0.3 is 19.6 Å². The van der Waals surface area contributed by atoms with Crippen LogP contribution in [-0.4, -0.2) is 55.3 Å². The first-order chi connectivity index (χ1) is 9.67. The molecule has 0 saturated heterocycles. The number of aromatic carboxylic acids is 1. The first-order valence-electron chi connectivity index (χ1n) is 7.13. The number of ether oxygens (including phenoxy) is 1. The van der Waals surface area contributed by atoms with E-state index in [1.807, 2.05) is 6.07 Å². The fraction of sp³-hybridized carbons (Fsp3) is 0.533. The predicted octanol–water partition coefficient (Wildman–Crippen LogP) is 1.93. The van der Waals surface area contributed by atoms with Gasteiger partial charge in [0.15, 0.2) is 5.75 Å². The second-order valence-corrected chi connectivity index (χ2v) is 4.82. The van der Waals surface area contributed by atoms with Gasteiger partial charge in [0, 0.05) is 13.1 Å². The van der Waals surface area contributed by atoms with Crippen LogP contribution in [-0.2, 0) is 0 Å². The third-order valence-corrected chi connectivity index (χ3v) is 3.75. The van der Waals surface area contributed by atoms with Crippen LogP contribution in [0.2, 0.25) is 0 Å². The molecule has 1 heterocycles. The van der Waals surface area contributed by atoms with E-state index in [4.69, 9.17) is 4.74 Å². The molecular formula is C15H22N2O3. The number of carbonyl (C=O) groups is 1. The van der Waals surface area contributed by atoms with Crippen LogP contribution in [0, 0.1) is 0 Å². The number of carboxylic acid groups (broad SMARTS) is 1. The highest BCUT2D eigenvalue weighted by Crippen LogP contribution is 2.34. The van der Waals surface area contributed by atoms with Crippen molar-refractivity contribution in [3.63, 3.8) is 0 Å². The van der Waals surface area contributed by atoms with Crippen molar-refractivity contribution in [2.45, 2.75) is 13.8 Å². The highest BCUT2D eigenvalue weighted by Gasteiger charge is 2.23. The molecule has 0 saturated carbocycles. The molecule has 1 N–H and O–H groups in total. The molecular weight excluding hydrogens is 256 g/mol. The number of carboxylic acids is 1. The summed E-state index contributed by atoms with van der Waals surface area (Å²) in [4.78, 5) is 15.8. The van der Waals surface area contributed by atoms with Crippen molar-refractivity contribution < 1.29 is 14.6 Å². The van der Waals surface area contributed by atoms with Crippen LogP contribution < -0.4 is 9.64 Å². The molecule has 0 spiro atoms. The van der Waals surface area contributed by atoms with Crippen molar-refractivity contribution in [2.24, 2.45) is 0 Å². The molecule has 0 radical (unpaired) electrons. The first-order valence-corrected chi connectivity index (χ1v) is 7.13. The van der Waals surface area contributed by atoms with Crippen LogP contribution in [0.25, 0.3) is 0 Å². The molecule has 0 aliphatic carbocycles. The average Bonchev–Trinajstić information content (AvgIpc) is 2.47. The number of likely N-dealkylation sites (N-methyl/N-ethyl adjacent to an activating group) is 1. The lowest BCUT2D eigenvalue weighted by molar-refractivity contribution is 0.0692. The summed E-state index contributed by atoms with van der Waals surface area (Å²) in [6.45, 7) is 9.57. The van der Waals surface area contributed by atoms with Crippen molar-refractivity contribution >= 4 is 11.7 Å². The quantitative estimate of drug-likeness (QED) is 0.861. The van der Waals surface area contributed by atoms with E-state index in [9.17, 15) is 9.90 Å². The molecule has 1 aliphatic rings. The van der Waals surface area contributed by atoms with E-state index in [0.717, 1.165) is 38.4 Å². The van der Waals surface area contributed by atoms with Crippen molar-refractivity contribution in [3.05, 3.63) is 23.8 Å². The zero-order valence-corrected chi connectivity index (χ0v) is 12.1. The predicted molar refractivity (Wildman–Crippen MR) is 78.9 cm³/mol. The Labute approximate surface area is 119 Å². The van der Waals surface area contributed by atoms with Crippen molar-refractivity contribution in [3.8, 4) is 5.75 Å². The minimum atomic E-state index is -0.938. The van der Waals surface area contributed by atoms with Crippen LogP contribution in [0.1, 0.15) is 24.2 Å². The van der Waals surface area contributed by atoms with E-state index in [1.165, 1.54) is 0 Å². The fourth-order valence-corrected chi connectivity index (χ4v) is 2.51. The number of fused-ring (bicyclic) bond motifs is 1. The Morgan fingerprint density at radius 2 is 2.15 bits per heavy atom. The third-order valence-electron chi connectivity index (χ3n) is 3.75. The summed E-state index contributed by atoms with van der Waals surface area (Å²) in [7, 11) is 0. The minimum absolute atomic E-state index is 0.245. The number of anilines is 1. The minimum Gasteiger partial charge on any atom is -0.489 e. The maximum absolute atomic E-state index is 11.2. The summed E-state index contributed by atoms with van der Waals surface area (Å²) < 4.78 is 5.57. The lowest BCUT2D eigenvalue weighted by Gasteiger charge is -2.33. The molecule has 20 heavy (non-hydrogen) atoms. The summed E-state index contributed by atoms with van der Waals surface area (Å²) in [5, 5.41) is 9.21. The van der Waals surface area contributed by atoms with Gasteiger partial charge in [-0.3, -0.25) is 0 Å². The van der Waals surface area contributed by atoms with Gasteiger partial charge >= 0.3 is 5.97 Å². The van der Waals surface area contributed by atoms with Crippen molar-refractivity contribution in [1.82, 2.24) is 4.90 Å². The Bertz CT molecular complexity index is 472. The average molecular weight is 278 g/mol. The van der Waals surface area contributed by atoms with E-state index in [0.29, 0.717) is 12.4 Å². The number of nitrogens with zero attached hydrogens (tertiary/aromatic N) is 2. The number of hydrogen-bond acceptors (Lipinski definition) is 4. The normalized spacial score (nSPS) is 14.1.